The molecule has 4 N–H and O–H groups in total. The first-order valence-corrected chi connectivity index (χ1v) is 6.19. The highest BCUT2D eigenvalue weighted by Crippen LogP contribution is 2.21. The fourth-order valence-corrected chi connectivity index (χ4v) is 2.16. The maximum atomic E-state index is 10.8. The zero-order valence-corrected chi connectivity index (χ0v) is 10.4. The number of H-pyrrole nitrogens is 1. The molecule has 2 rings (SSSR count). The third-order valence-corrected chi connectivity index (χ3v) is 3.13. The van der Waals surface area contributed by atoms with E-state index in [1.165, 1.54) is 5.56 Å². The topological polar surface area (TPSA) is 79.1 Å². The number of nitrogens with two attached hydrogens (primary N) is 1. The number of benzene rings is 1. The number of carboxylic acids is 1. The van der Waals surface area contributed by atoms with Crippen LogP contribution in [0, 0.1) is 0 Å². The van der Waals surface area contributed by atoms with Crippen molar-refractivity contribution in [3.8, 4) is 0 Å². The van der Waals surface area contributed by atoms with Gasteiger partial charge in [0.2, 0.25) is 0 Å². The summed E-state index contributed by atoms with van der Waals surface area (Å²) < 4.78 is 0. The van der Waals surface area contributed by atoms with Gasteiger partial charge in [0.25, 0.3) is 0 Å². The van der Waals surface area contributed by atoms with Gasteiger partial charge >= 0.3 is 5.97 Å². The third kappa shape index (κ3) is 2.54. The van der Waals surface area contributed by atoms with Gasteiger partial charge in [-0.1, -0.05) is 19.4 Å². The summed E-state index contributed by atoms with van der Waals surface area (Å²) in [5.41, 5.74) is 8.86. The van der Waals surface area contributed by atoms with Crippen LogP contribution in [0.15, 0.2) is 24.4 Å². The Morgan fingerprint density at radius 1 is 1.50 bits per heavy atom. The molecule has 1 heterocycles. The van der Waals surface area contributed by atoms with E-state index in [0.717, 1.165) is 29.3 Å². The lowest BCUT2D eigenvalue weighted by Gasteiger charge is -2.05. The van der Waals surface area contributed by atoms with Crippen LogP contribution in [0.2, 0.25) is 0 Å². The van der Waals surface area contributed by atoms with E-state index in [1.54, 1.807) is 0 Å². The molecular formula is C14H18N2O2. The number of fused-ring (bicyclic) bond motifs is 1. The quantitative estimate of drug-likeness (QED) is 0.755. The summed E-state index contributed by atoms with van der Waals surface area (Å²) in [6.07, 6.45) is 4.33. The predicted molar refractivity (Wildman–Crippen MR) is 71.6 cm³/mol. The normalized spacial score (nSPS) is 12.8. The maximum Gasteiger partial charge on any atom is 0.320 e. The monoisotopic (exact) mass is 246 g/mol. The molecule has 0 radical (unpaired) electrons. The second kappa shape index (κ2) is 5.23. The molecule has 18 heavy (non-hydrogen) atoms. The average molecular weight is 246 g/mol. The Balaban J connectivity index is 2.33. The van der Waals surface area contributed by atoms with Crippen molar-refractivity contribution in [1.82, 2.24) is 4.98 Å². The molecule has 0 aliphatic rings. The van der Waals surface area contributed by atoms with Crippen molar-refractivity contribution in [3.63, 3.8) is 0 Å². The van der Waals surface area contributed by atoms with Crippen molar-refractivity contribution in [3.05, 3.63) is 35.5 Å². The molecule has 0 fully saturated rings. The van der Waals surface area contributed by atoms with Gasteiger partial charge in [-0.3, -0.25) is 4.79 Å². The van der Waals surface area contributed by atoms with Gasteiger partial charge in [-0.2, -0.15) is 0 Å². The number of rotatable bonds is 5. The Labute approximate surface area is 106 Å². The van der Waals surface area contributed by atoms with Gasteiger partial charge in [-0.05, 0) is 29.7 Å². The number of hydrogen-bond acceptors (Lipinski definition) is 2. The van der Waals surface area contributed by atoms with Crippen LogP contribution in [0.25, 0.3) is 10.9 Å². The van der Waals surface area contributed by atoms with E-state index in [-0.39, 0.29) is 0 Å². The molecule has 0 aliphatic heterocycles. The molecule has 2 aromatic rings. The summed E-state index contributed by atoms with van der Waals surface area (Å²) in [5.74, 6) is -0.964. The Morgan fingerprint density at radius 3 is 2.94 bits per heavy atom. The van der Waals surface area contributed by atoms with Gasteiger partial charge in [0, 0.05) is 23.5 Å². The molecule has 0 bridgehead atoms. The van der Waals surface area contributed by atoms with E-state index >= 15 is 0 Å². The van der Waals surface area contributed by atoms with E-state index in [4.69, 9.17) is 10.8 Å². The van der Waals surface area contributed by atoms with E-state index in [9.17, 15) is 4.79 Å². The molecule has 0 saturated heterocycles. The summed E-state index contributed by atoms with van der Waals surface area (Å²) in [7, 11) is 0. The molecule has 0 aliphatic carbocycles. The summed E-state index contributed by atoms with van der Waals surface area (Å²) in [6, 6.07) is 5.41. The highest BCUT2D eigenvalue weighted by molar-refractivity contribution is 5.85. The third-order valence-electron chi connectivity index (χ3n) is 3.13. The van der Waals surface area contributed by atoms with E-state index in [1.807, 2.05) is 12.3 Å². The summed E-state index contributed by atoms with van der Waals surface area (Å²) in [5, 5.41) is 9.94. The first kappa shape index (κ1) is 12.6. The molecular weight excluding hydrogens is 228 g/mol. The fourth-order valence-electron chi connectivity index (χ4n) is 2.16. The minimum absolute atomic E-state index is 0.352. The molecule has 0 saturated carbocycles. The SMILES string of the molecule is CCCc1ccc2[nH]cc(C[C@H](N)C(=O)O)c2c1. The lowest BCUT2D eigenvalue weighted by atomic mass is 10.0. The zero-order chi connectivity index (χ0) is 13.1. The van der Waals surface area contributed by atoms with Gasteiger partial charge in [0.05, 0.1) is 0 Å². The molecule has 0 spiro atoms. The minimum atomic E-state index is -0.964. The number of hydrogen-bond donors (Lipinski definition) is 3. The summed E-state index contributed by atoms with van der Waals surface area (Å²) in [4.78, 5) is 13.9. The van der Waals surface area contributed by atoms with E-state index < -0.39 is 12.0 Å². The first-order valence-electron chi connectivity index (χ1n) is 6.19. The number of nitrogens with one attached hydrogen (secondary N) is 1. The van der Waals surface area contributed by atoms with Gasteiger partial charge < -0.3 is 15.8 Å². The average Bonchev–Trinajstić information content (AvgIpc) is 2.72. The van der Waals surface area contributed by atoms with Crippen LogP contribution >= 0.6 is 0 Å². The Kier molecular flexibility index (Phi) is 3.67. The summed E-state index contributed by atoms with van der Waals surface area (Å²) in [6.45, 7) is 2.14. The number of aliphatic carboxylic acids is 1. The van der Waals surface area contributed by atoms with Crippen LogP contribution in [0.5, 0.6) is 0 Å². The second-order valence-electron chi connectivity index (χ2n) is 4.59. The Hall–Kier alpha value is -1.81. The van der Waals surface area contributed by atoms with E-state index in [0.29, 0.717) is 6.42 Å². The van der Waals surface area contributed by atoms with Gasteiger partial charge in [0.1, 0.15) is 6.04 Å². The van der Waals surface area contributed by atoms with E-state index in [2.05, 4.69) is 24.0 Å². The van der Waals surface area contributed by atoms with Crippen molar-refractivity contribution in [2.75, 3.05) is 0 Å². The number of aromatic amines is 1. The lowest BCUT2D eigenvalue weighted by Crippen LogP contribution is -2.32. The van der Waals surface area contributed by atoms with Crippen LogP contribution in [-0.2, 0) is 17.6 Å². The van der Waals surface area contributed by atoms with Crippen molar-refractivity contribution in [1.29, 1.82) is 0 Å². The molecule has 1 atom stereocenters. The molecule has 4 heteroatoms. The van der Waals surface area contributed by atoms with Crippen LogP contribution < -0.4 is 5.73 Å². The van der Waals surface area contributed by atoms with Crippen LogP contribution in [0.1, 0.15) is 24.5 Å². The summed E-state index contributed by atoms with van der Waals surface area (Å²) >= 11 is 0. The molecule has 1 aromatic carbocycles. The van der Waals surface area contributed by atoms with Crippen molar-refractivity contribution < 1.29 is 9.90 Å². The van der Waals surface area contributed by atoms with Crippen LogP contribution in [-0.4, -0.2) is 22.1 Å². The Morgan fingerprint density at radius 2 is 2.28 bits per heavy atom. The fraction of sp³-hybridized carbons (Fsp3) is 0.357. The van der Waals surface area contributed by atoms with Gasteiger partial charge in [0.15, 0.2) is 0 Å². The van der Waals surface area contributed by atoms with Crippen molar-refractivity contribution >= 4 is 16.9 Å². The highest BCUT2D eigenvalue weighted by atomic mass is 16.4. The molecule has 4 nitrogen and oxygen atoms in total. The van der Waals surface area contributed by atoms with Crippen LogP contribution in [0.3, 0.4) is 0 Å². The molecule has 96 valence electrons. The molecule has 1 aromatic heterocycles. The minimum Gasteiger partial charge on any atom is -0.480 e. The predicted octanol–water partition coefficient (Wildman–Crippen LogP) is 2.07. The van der Waals surface area contributed by atoms with Crippen LogP contribution in [0.4, 0.5) is 0 Å². The molecule has 0 amide bonds. The first-order chi connectivity index (χ1) is 8.61. The Bertz CT molecular complexity index is 560. The molecule has 0 unspecified atom stereocenters. The zero-order valence-electron chi connectivity index (χ0n) is 10.4. The maximum absolute atomic E-state index is 10.8. The van der Waals surface area contributed by atoms with Crippen molar-refractivity contribution in [2.45, 2.75) is 32.2 Å². The van der Waals surface area contributed by atoms with Gasteiger partial charge in [-0.25, -0.2) is 0 Å². The number of carbonyl (C=O) groups is 1. The second-order valence-corrected chi connectivity index (χ2v) is 4.59. The van der Waals surface area contributed by atoms with Gasteiger partial charge in [-0.15, -0.1) is 0 Å². The number of aryl methyl sites for hydroxylation is 1. The lowest BCUT2D eigenvalue weighted by molar-refractivity contribution is -0.138. The highest BCUT2D eigenvalue weighted by Gasteiger charge is 2.14. The number of carboxylic acid groups (broad SMARTS) is 1. The smallest absolute Gasteiger partial charge is 0.320 e. The standard InChI is InChI=1S/C14H18N2O2/c1-2-3-9-4-5-13-11(6-9)10(8-16-13)7-12(15)14(17)18/h4-6,8,12,16H,2-3,7,15H2,1H3,(H,17,18)/t12-/m0/s1. The largest absolute Gasteiger partial charge is 0.480 e. The van der Waals surface area contributed by atoms with Crippen molar-refractivity contribution in [2.24, 2.45) is 5.73 Å². The number of aromatic nitrogens is 1.